The summed E-state index contributed by atoms with van der Waals surface area (Å²) in [6.07, 6.45) is 2.77. The molecule has 3 heteroatoms. The van der Waals surface area contributed by atoms with Gasteiger partial charge in [0.1, 0.15) is 5.75 Å². The van der Waals surface area contributed by atoms with Crippen LogP contribution in [-0.4, -0.2) is 18.2 Å². The summed E-state index contributed by atoms with van der Waals surface area (Å²) in [5, 5.41) is 9.26. The highest BCUT2D eigenvalue weighted by atomic mass is 16.5. The van der Waals surface area contributed by atoms with Gasteiger partial charge in [-0.1, -0.05) is 12.1 Å². The zero-order valence-electron chi connectivity index (χ0n) is 10.3. The van der Waals surface area contributed by atoms with E-state index in [0.717, 1.165) is 28.9 Å². The monoisotopic (exact) mass is 232 g/mol. The second kappa shape index (κ2) is 3.91. The molecule has 0 heterocycles. The molecule has 0 amide bonds. The molecule has 1 aliphatic rings. The van der Waals surface area contributed by atoms with Crippen LogP contribution in [0.3, 0.4) is 0 Å². The fourth-order valence-corrected chi connectivity index (χ4v) is 2.16. The fraction of sp³-hybridized carbons (Fsp3) is 0.357. The molecular formula is C14H16O3. The second-order valence-electron chi connectivity index (χ2n) is 4.78. The molecule has 3 nitrogen and oxygen atoms in total. The number of rotatable bonds is 3. The van der Waals surface area contributed by atoms with Gasteiger partial charge in [0.2, 0.25) is 0 Å². The first kappa shape index (κ1) is 11.7. The van der Waals surface area contributed by atoms with Crippen LogP contribution in [0.25, 0.3) is 5.57 Å². The average Bonchev–Trinajstić information content (AvgIpc) is 2.71. The summed E-state index contributed by atoms with van der Waals surface area (Å²) in [7, 11) is 1.63. The summed E-state index contributed by atoms with van der Waals surface area (Å²) in [5.41, 5.74) is 2.20. The van der Waals surface area contributed by atoms with Gasteiger partial charge in [-0.15, -0.1) is 0 Å². The van der Waals surface area contributed by atoms with Crippen LogP contribution < -0.4 is 4.74 Å². The van der Waals surface area contributed by atoms with Crippen molar-refractivity contribution in [2.24, 2.45) is 5.41 Å². The third-order valence-corrected chi connectivity index (χ3v) is 3.34. The van der Waals surface area contributed by atoms with E-state index in [2.05, 4.69) is 0 Å². The number of hydrogen-bond acceptors (Lipinski definition) is 2. The van der Waals surface area contributed by atoms with Gasteiger partial charge in [0.05, 0.1) is 12.5 Å². The lowest BCUT2D eigenvalue weighted by atomic mass is 9.81. The lowest BCUT2D eigenvalue weighted by Gasteiger charge is -2.22. The Morgan fingerprint density at radius 2 is 2.12 bits per heavy atom. The Morgan fingerprint density at radius 3 is 2.71 bits per heavy atom. The van der Waals surface area contributed by atoms with Crippen molar-refractivity contribution < 1.29 is 14.6 Å². The summed E-state index contributed by atoms with van der Waals surface area (Å²) in [6.45, 7) is 3.47. The fourth-order valence-electron chi connectivity index (χ4n) is 2.16. The van der Waals surface area contributed by atoms with Crippen molar-refractivity contribution >= 4 is 11.5 Å². The first-order valence-corrected chi connectivity index (χ1v) is 5.58. The van der Waals surface area contributed by atoms with Gasteiger partial charge >= 0.3 is 5.97 Å². The predicted octanol–water partition coefficient (Wildman–Crippen LogP) is 2.75. The number of fused-ring (bicyclic) bond motifs is 1. The van der Waals surface area contributed by atoms with Crippen LogP contribution in [0.4, 0.5) is 0 Å². The molecule has 1 aliphatic carbocycles. The molecular weight excluding hydrogens is 216 g/mol. The van der Waals surface area contributed by atoms with E-state index in [4.69, 9.17) is 4.74 Å². The van der Waals surface area contributed by atoms with Gasteiger partial charge in [0, 0.05) is 0 Å². The van der Waals surface area contributed by atoms with Gasteiger partial charge in [0.25, 0.3) is 0 Å². The molecule has 0 aliphatic heterocycles. The standard InChI is InChI=1S/C14H16O3/c1-14(2,13(15)16)12-7-4-9-8-10(17-3)5-6-11(9)12/h5-8H,4H2,1-3H3,(H,15,16). The number of hydrogen-bond donors (Lipinski definition) is 1. The van der Waals surface area contributed by atoms with Gasteiger partial charge in [-0.25, -0.2) is 0 Å². The van der Waals surface area contributed by atoms with E-state index in [1.54, 1.807) is 21.0 Å². The van der Waals surface area contributed by atoms with E-state index in [0.29, 0.717) is 0 Å². The van der Waals surface area contributed by atoms with Crippen molar-refractivity contribution in [2.75, 3.05) is 7.11 Å². The maximum absolute atomic E-state index is 11.3. The number of carbonyl (C=O) groups is 1. The molecule has 1 aromatic carbocycles. The van der Waals surface area contributed by atoms with Crippen molar-refractivity contribution in [3.8, 4) is 5.75 Å². The number of carboxylic acid groups (broad SMARTS) is 1. The molecule has 1 aromatic rings. The van der Waals surface area contributed by atoms with Gasteiger partial charge in [-0.05, 0) is 49.1 Å². The zero-order valence-corrected chi connectivity index (χ0v) is 10.3. The van der Waals surface area contributed by atoms with E-state index >= 15 is 0 Å². The number of carboxylic acids is 1. The molecule has 0 bridgehead atoms. The number of allylic oxidation sites excluding steroid dienone is 1. The minimum absolute atomic E-state index is 0.776. The van der Waals surface area contributed by atoms with Gasteiger partial charge in [0.15, 0.2) is 0 Å². The summed E-state index contributed by atoms with van der Waals surface area (Å²) in [6, 6.07) is 5.78. The Bertz CT molecular complexity index is 498. The van der Waals surface area contributed by atoms with Crippen LogP contribution >= 0.6 is 0 Å². The van der Waals surface area contributed by atoms with Gasteiger partial charge < -0.3 is 9.84 Å². The van der Waals surface area contributed by atoms with Crippen LogP contribution in [0, 0.1) is 5.41 Å². The maximum atomic E-state index is 11.3. The molecule has 17 heavy (non-hydrogen) atoms. The Balaban J connectivity index is 2.43. The lowest BCUT2D eigenvalue weighted by Crippen LogP contribution is -2.24. The molecule has 0 saturated heterocycles. The number of ether oxygens (including phenoxy) is 1. The van der Waals surface area contributed by atoms with Crippen molar-refractivity contribution in [1.82, 2.24) is 0 Å². The quantitative estimate of drug-likeness (QED) is 0.871. The van der Waals surface area contributed by atoms with E-state index in [1.807, 2.05) is 24.3 Å². The number of benzene rings is 1. The van der Waals surface area contributed by atoms with Crippen LogP contribution in [0.1, 0.15) is 25.0 Å². The Morgan fingerprint density at radius 1 is 1.41 bits per heavy atom. The summed E-state index contributed by atoms with van der Waals surface area (Å²) in [4.78, 5) is 11.3. The van der Waals surface area contributed by atoms with Crippen molar-refractivity contribution in [1.29, 1.82) is 0 Å². The SMILES string of the molecule is COc1ccc2c(c1)CC=C2C(C)(C)C(=O)O. The van der Waals surface area contributed by atoms with Crippen molar-refractivity contribution in [3.05, 3.63) is 35.4 Å². The molecule has 1 N–H and O–H groups in total. The molecule has 0 spiro atoms. The second-order valence-corrected chi connectivity index (χ2v) is 4.78. The zero-order chi connectivity index (χ0) is 12.6. The number of aliphatic carboxylic acids is 1. The smallest absolute Gasteiger partial charge is 0.313 e. The molecule has 90 valence electrons. The summed E-state index contributed by atoms with van der Waals surface area (Å²) >= 11 is 0. The van der Waals surface area contributed by atoms with Crippen LogP contribution in [-0.2, 0) is 11.2 Å². The third-order valence-electron chi connectivity index (χ3n) is 3.34. The van der Waals surface area contributed by atoms with Crippen LogP contribution in [0.15, 0.2) is 24.3 Å². The largest absolute Gasteiger partial charge is 0.497 e. The van der Waals surface area contributed by atoms with E-state index in [-0.39, 0.29) is 0 Å². The Kier molecular flexibility index (Phi) is 2.69. The van der Waals surface area contributed by atoms with Crippen LogP contribution in [0.2, 0.25) is 0 Å². The van der Waals surface area contributed by atoms with Crippen LogP contribution in [0.5, 0.6) is 5.75 Å². The van der Waals surface area contributed by atoms with Crippen molar-refractivity contribution in [3.63, 3.8) is 0 Å². The van der Waals surface area contributed by atoms with E-state index in [9.17, 15) is 9.90 Å². The molecule has 2 rings (SSSR count). The first-order valence-electron chi connectivity index (χ1n) is 5.58. The normalized spacial score (nSPS) is 14.2. The van der Waals surface area contributed by atoms with Gasteiger partial charge in [-0.3, -0.25) is 4.79 Å². The minimum atomic E-state index is -0.847. The molecule has 0 atom stereocenters. The Hall–Kier alpha value is -1.77. The minimum Gasteiger partial charge on any atom is -0.497 e. The molecule has 0 saturated carbocycles. The lowest BCUT2D eigenvalue weighted by molar-refractivity contribution is -0.143. The molecule has 0 radical (unpaired) electrons. The summed E-state index contributed by atoms with van der Waals surface area (Å²) in [5.74, 6) is 0.0129. The number of methoxy groups -OCH3 is 1. The Labute approximate surface area is 101 Å². The molecule has 0 aromatic heterocycles. The average molecular weight is 232 g/mol. The molecule has 0 unspecified atom stereocenters. The maximum Gasteiger partial charge on any atom is 0.313 e. The highest BCUT2D eigenvalue weighted by Crippen LogP contribution is 2.41. The van der Waals surface area contributed by atoms with E-state index in [1.165, 1.54) is 0 Å². The van der Waals surface area contributed by atoms with Gasteiger partial charge in [-0.2, -0.15) is 0 Å². The topological polar surface area (TPSA) is 46.5 Å². The highest BCUT2D eigenvalue weighted by Gasteiger charge is 2.35. The van der Waals surface area contributed by atoms with E-state index < -0.39 is 11.4 Å². The molecule has 0 fully saturated rings. The van der Waals surface area contributed by atoms with Crippen molar-refractivity contribution in [2.45, 2.75) is 20.3 Å². The predicted molar refractivity (Wildman–Crippen MR) is 66.1 cm³/mol. The third kappa shape index (κ3) is 1.82. The highest BCUT2D eigenvalue weighted by molar-refractivity contribution is 5.93. The first-order chi connectivity index (χ1) is 7.96. The summed E-state index contributed by atoms with van der Waals surface area (Å²) < 4.78 is 5.17.